The van der Waals surface area contributed by atoms with E-state index in [0.29, 0.717) is 47.6 Å². The number of Topliss-reactive ketones (excluding diaryl/α,β-unsaturated/α-hetero) is 1. The number of hydrogen-bond acceptors (Lipinski definition) is 5. The molecule has 0 spiro atoms. The van der Waals surface area contributed by atoms with Crippen molar-refractivity contribution in [1.82, 2.24) is 0 Å². The first-order valence-corrected chi connectivity index (χ1v) is 16.1. The first kappa shape index (κ1) is 34.1. The summed E-state index contributed by atoms with van der Waals surface area (Å²) in [6, 6.07) is 8.48. The summed E-state index contributed by atoms with van der Waals surface area (Å²) in [6.07, 6.45) is 0.263. The number of rotatable bonds is 9. The Kier molecular flexibility index (Phi) is 8.56. The smallest absolute Gasteiger partial charge is 0.416 e. The standard InChI is InChI=1S/C37H42F3N3O4/c1-21(2)13-15-41-29-11-9-23(37(38,39)40)17-27(29)35(5,6)31(41)19-25-33(44)26(34(25)45)20-32-36(7,8)28-18-24(43(46)47)10-12-30(28)42(32)16-14-22(3)4/h9-12,17-22H,13-16H2,1-8H3. The molecule has 47 heavy (non-hydrogen) atoms. The van der Waals surface area contributed by atoms with E-state index in [1.165, 1.54) is 18.2 Å². The highest BCUT2D eigenvalue weighted by Gasteiger charge is 2.48. The highest BCUT2D eigenvalue weighted by atomic mass is 19.4. The number of nitro benzene ring substituents is 1. The number of alkyl halides is 3. The molecular weight excluding hydrogens is 607 g/mol. The Morgan fingerprint density at radius 2 is 1.60 bits per heavy atom. The van der Waals surface area contributed by atoms with Crippen molar-refractivity contribution in [2.75, 3.05) is 18.0 Å². The molecule has 5 rings (SSSR count). The first-order valence-electron chi connectivity index (χ1n) is 16.1. The van der Waals surface area contributed by atoms with Crippen LogP contribution in [0.1, 0.15) is 84.9 Å². The maximum Gasteiger partial charge on any atom is 0.416 e. The van der Waals surface area contributed by atoms with Crippen LogP contribution in [0.25, 0.3) is 0 Å². The number of halogens is 3. The predicted molar refractivity (Wildman–Crippen MR) is 175 cm³/mol. The van der Waals surface area contributed by atoms with Gasteiger partial charge in [0, 0.05) is 70.7 Å². The zero-order chi connectivity index (χ0) is 34.8. The van der Waals surface area contributed by atoms with Gasteiger partial charge in [0.15, 0.2) is 11.5 Å². The molecule has 3 aliphatic rings. The zero-order valence-corrected chi connectivity index (χ0v) is 28.2. The largest absolute Gasteiger partial charge is 0.871 e. The summed E-state index contributed by atoms with van der Waals surface area (Å²) in [6.45, 7) is 16.9. The van der Waals surface area contributed by atoms with Crippen LogP contribution in [0.15, 0.2) is 71.2 Å². The number of carbonyl (C=O) groups excluding carboxylic acids is 1. The molecule has 1 aliphatic carbocycles. The Bertz CT molecular complexity index is 1790. The lowest BCUT2D eigenvalue weighted by atomic mass is 9.77. The minimum atomic E-state index is -4.51. The Hall–Kier alpha value is -4.21. The molecule has 0 N–H and O–H groups in total. The molecular formula is C37H42F3N3O4. The molecule has 0 radical (unpaired) electrons. The van der Waals surface area contributed by atoms with Crippen molar-refractivity contribution in [2.24, 2.45) is 11.8 Å². The number of nitro groups is 1. The Labute approximate surface area is 273 Å². The van der Waals surface area contributed by atoms with Crippen molar-refractivity contribution in [3.63, 3.8) is 0 Å². The van der Waals surface area contributed by atoms with Crippen LogP contribution in [-0.2, 0) is 21.8 Å². The number of allylic oxidation sites excluding steroid dienone is 5. The topological polar surface area (TPSA) is 89.5 Å². The van der Waals surface area contributed by atoms with Crippen LogP contribution in [0.2, 0.25) is 0 Å². The van der Waals surface area contributed by atoms with Crippen molar-refractivity contribution in [3.05, 3.63) is 98.0 Å². The average Bonchev–Trinajstić information content (AvgIpc) is 3.32. The SMILES string of the molecule is CC(C)CCN1C(=CC2=C([O-])C(=CC3=[N+](CCC(C)C)c4ccc(C(F)(F)F)cc4C3(C)C)C2=O)C(C)(C)c2cc([N+](=O)[O-])ccc21. The lowest BCUT2D eigenvalue weighted by molar-refractivity contribution is -0.439. The summed E-state index contributed by atoms with van der Waals surface area (Å²) >= 11 is 0. The quantitative estimate of drug-likeness (QED) is 0.119. The second kappa shape index (κ2) is 11.8. The third-order valence-corrected chi connectivity index (χ3v) is 9.71. The molecule has 0 atom stereocenters. The van der Waals surface area contributed by atoms with Crippen LogP contribution in [0.5, 0.6) is 0 Å². The van der Waals surface area contributed by atoms with Gasteiger partial charge in [-0.3, -0.25) is 14.9 Å². The number of ketones is 1. The number of anilines is 1. The predicted octanol–water partition coefficient (Wildman–Crippen LogP) is 7.89. The summed E-state index contributed by atoms with van der Waals surface area (Å²) in [5, 5.41) is 25.3. The molecule has 250 valence electrons. The van der Waals surface area contributed by atoms with Crippen LogP contribution in [0.3, 0.4) is 0 Å². The van der Waals surface area contributed by atoms with Gasteiger partial charge in [0.05, 0.1) is 15.9 Å². The lowest BCUT2D eigenvalue weighted by Crippen LogP contribution is -2.35. The number of hydrogen-bond donors (Lipinski definition) is 0. The van der Waals surface area contributed by atoms with Gasteiger partial charge >= 0.3 is 6.18 Å². The molecule has 2 aliphatic heterocycles. The van der Waals surface area contributed by atoms with Gasteiger partial charge in [-0.25, -0.2) is 0 Å². The second-order valence-electron chi connectivity index (χ2n) is 14.7. The van der Waals surface area contributed by atoms with Gasteiger partial charge in [-0.1, -0.05) is 47.3 Å². The van der Waals surface area contributed by atoms with Gasteiger partial charge in [0.2, 0.25) is 5.69 Å². The fourth-order valence-corrected chi connectivity index (χ4v) is 6.77. The highest BCUT2D eigenvalue weighted by Crippen LogP contribution is 2.50. The van der Waals surface area contributed by atoms with E-state index in [9.17, 15) is 33.2 Å². The minimum Gasteiger partial charge on any atom is -0.871 e. The summed E-state index contributed by atoms with van der Waals surface area (Å²) in [7, 11) is 0. The lowest BCUT2D eigenvalue weighted by Gasteiger charge is -2.33. The van der Waals surface area contributed by atoms with Crippen molar-refractivity contribution in [2.45, 2.75) is 85.2 Å². The number of non-ortho nitro benzene ring substituents is 1. The molecule has 2 aromatic carbocycles. The summed E-state index contributed by atoms with van der Waals surface area (Å²) < 4.78 is 43.0. The van der Waals surface area contributed by atoms with Gasteiger partial charge in [-0.05, 0) is 61.9 Å². The van der Waals surface area contributed by atoms with E-state index in [-0.39, 0.29) is 16.8 Å². The van der Waals surface area contributed by atoms with E-state index in [4.69, 9.17) is 0 Å². The van der Waals surface area contributed by atoms with Gasteiger partial charge in [0.1, 0.15) is 6.54 Å². The third kappa shape index (κ3) is 5.91. The second-order valence-corrected chi connectivity index (χ2v) is 14.7. The van der Waals surface area contributed by atoms with Gasteiger partial charge in [-0.2, -0.15) is 17.7 Å². The summed E-state index contributed by atoms with van der Waals surface area (Å²) in [5.41, 5.74) is 1.64. The number of carbonyl (C=O) groups is 1. The molecule has 0 saturated heterocycles. The maximum atomic E-state index is 13.7. The van der Waals surface area contributed by atoms with E-state index < -0.39 is 39.0 Å². The fraction of sp³-hybridized carbons (Fsp3) is 0.459. The molecule has 7 nitrogen and oxygen atoms in total. The van der Waals surface area contributed by atoms with E-state index in [1.807, 2.05) is 37.2 Å². The van der Waals surface area contributed by atoms with Gasteiger partial charge in [-0.15, -0.1) is 0 Å². The van der Waals surface area contributed by atoms with Crippen LogP contribution in [-0.4, -0.2) is 34.1 Å². The molecule has 0 amide bonds. The fourth-order valence-electron chi connectivity index (χ4n) is 6.77. The van der Waals surface area contributed by atoms with Crippen molar-refractivity contribution < 1.29 is 32.6 Å². The molecule has 2 heterocycles. The van der Waals surface area contributed by atoms with Crippen LogP contribution < -0.4 is 10.0 Å². The Balaban J connectivity index is 1.60. The van der Waals surface area contributed by atoms with Crippen molar-refractivity contribution >= 4 is 28.6 Å². The normalized spacial score (nSPS) is 20.2. The molecule has 0 aromatic heterocycles. The number of nitrogens with zero attached hydrogens (tertiary/aromatic N) is 3. The van der Waals surface area contributed by atoms with E-state index in [0.717, 1.165) is 30.2 Å². The van der Waals surface area contributed by atoms with Crippen LogP contribution >= 0.6 is 0 Å². The Morgan fingerprint density at radius 3 is 2.17 bits per heavy atom. The number of fused-ring (bicyclic) bond motifs is 2. The van der Waals surface area contributed by atoms with Gasteiger partial charge in [0.25, 0.3) is 5.69 Å². The van der Waals surface area contributed by atoms with Crippen LogP contribution in [0, 0.1) is 22.0 Å². The van der Waals surface area contributed by atoms with Crippen molar-refractivity contribution in [3.8, 4) is 0 Å². The monoisotopic (exact) mass is 649 g/mol. The van der Waals surface area contributed by atoms with Crippen LogP contribution in [0.4, 0.5) is 30.2 Å². The van der Waals surface area contributed by atoms with Gasteiger partial charge < -0.3 is 10.0 Å². The average molecular weight is 650 g/mol. The summed E-state index contributed by atoms with van der Waals surface area (Å²) in [5.74, 6) is -0.161. The van der Waals surface area contributed by atoms with E-state index >= 15 is 0 Å². The molecule has 0 unspecified atom stereocenters. The molecule has 0 saturated carbocycles. The molecule has 10 heteroatoms. The molecule has 2 aromatic rings. The van der Waals surface area contributed by atoms with Crippen molar-refractivity contribution in [1.29, 1.82) is 0 Å². The number of benzene rings is 2. The zero-order valence-electron chi connectivity index (χ0n) is 28.2. The highest BCUT2D eigenvalue weighted by molar-refractivity contribution is 6.24. The van der Waals surface area contributed by atoms with E-state index in [2.05, 4.69) is 27.7 Å². The minimum absolute atomic E-state index is 0.00370. The first-order chi connectivity index (χ1) is 21.8. The third-order valence-electron chi connectivity index (χ3n) is 9.71. The maximum absolute atomic E-state index is 13.7. The summed E-state index contributed by atoms with van der Waals surface area (Å²) in [4.78, 5) is 26.9. The Morgan fingerprint density at radius 1 is 0.936 bits per heavy atom. The molecule has 0 bridgehead atoms. The molecule has 0 fully saturated rings. The van der Waals surface area contributed by atoms with E-state index in [1.54, 1.807) is 24.3 Å².